The van der Waals surface area contributed by atoms with Crippen LogP contribution in [0, 0.1) is 0 Å². The molecule has 0 spiro atoms. The van der Waals surface area contributed by atoms with E-state index in [2.05, 4.69) is 10.6 Å². The smallest absolute Gasteiger partial charge is 0.327 e. The average molecular weight is 362 g/mol. The second-order valence-electron chi connectivity index (χ2n) is 6.09. The molecule has 9 heteroatoms. The molecule has 0 aromatic heterocycles. The van der Waals surface area contributed by atoms with Gasteiger partial charge in [0, 0.05) is 6.42 Å². The van der Waals surface area contributed by atoms with E-state index >= 15 is 0 Å². The highest BCUT2D eigenvalue weighted by atomic mass is 32.2. The van der Waals surface area contributed by atoms with E-state index < -0.39 is 44.8 Å². The third kappa shape index (κ3) is 5.77. The van der Waals surface area contributed by atoms with Gasteiger partial charge < -0.3 is 15.7 Å². The number of hydrogen-bond donors (Lipinski definition) is 3. The zero-order valence-corrected chi connectivity index (χ0v) is 14.9. The van der Waals surface area contributed by atoms with E-state index in [0.717, 1.165) is 0 Å². The van der Waals surface area contributed by atoms with Crippen molar-refractivity contribution >= 4 is 27.6 Å². The number of rotatable bonds is 10. The predicted molar refractivity (Wildman–Crippen MR) is 88.1 cm³/mol. The van der Waals surface area contributed by atoms with Crippen LogP contribution in [0.15, 0.2) is 0 Å². The van der Waals surface area contributed by atoms with Crippen molar-refractivity contribution in [2.75, 3.05) is 5.75 Å². The van der Waals surface area contributed by atoms with Gasteiger partial charge in [0.2, 0.25) is 11.8 Å². The quantitative estimate of drug-likeness (QED) is 0.510. The lowest BCUT2D eigenvalue weighted by atomic mass is 10.2. The summed E-state index contributed by atoms with van der Waals surface area (Å²) in [5.74, 6) is -2.98. The normalized spacial score (nSPS) is 19.1. The summed E-state index contributed by atoms with van der Waals surface area (Å²) in [6.45, 7) is 3.74. The lowest BCUT2D eigenvalue weighted by Gasteiger charge is -2.21. The van der Waals surface area contributed by atoms with Gasteiger partial charge in [0.1, 0.15) is 12.1 Å². The van der Waals surface area contributed by atoms with Gasteiger partial charge in [-0.15, -0.1) is 0 Å². The van der Waals surface area contributed by atoms with E-state index in [1.807, 2.05) is 13.8 Å². The standard InChI is InChI=1S/C15H26N2O6S/c1-3-5-10(6-4-2)24(22,23)9-12(15(20)21)17-14(19)11-7-8-13(18)16-11/h10-12H,3-9H2,1-2H3,(H,16,18)(H,17,19)(H,20,21)/t11-,12-/m0/s1. The highest BCUT2D eigenvalue weighted by molar-refractivity contribution is 7.92. The van der Waals surface area contributed by atoms with Crippen molar-refractivity contribution in [2.45, 2.75) is 69.7 Å². The van der Waals surface area contributed by atoms with Gasteiger partial charge in [0.25, 0.3) is 0 Å². The van der Waals surface area contributed by atoms with Crippen molar-refractivity contribution < 1.29 is 27.9 Å². The molecular formula is C15H26N2O6S. The Morgan fingerprint density at radius 2 is 1.88 bits per heavy atom. The van der Waals surface area contributed by atoms with E-state index in [-0.39, 0.29) is 18.7 Å². The first kappa shape index (κ1) is 20.4. The summed E-state index contributed by atoms with van der Waals surface area (Å²) in [6.07, 6.45) is 2.77. The number of carbonyl (C=O) groups excluding carboxylic acids is 2. The minimum atomic E-state index is -3.65. The van der Waals surface area contributed by atoms with E-state index in [9.17, 15) is 27.9 Å². The van der Waals surface area contributed by atoms with Crippen LogP contribution in [0.5, 0.6) is 0 Å². The van der Waals surface area contributed by atoms with Crippen LogP contribution >= 0.6 is 0 Å². The van der Waals surface area contributed by atoms with Crippen LogP contribution in [0.25, 0.3) is 0 Å². The maximum Gasteiger partial charge on any atom is 0.327 e. The van der Waals surface area contributed by atoms with Gasteiger partial charge in [-0.1, -0.05) is 26.7 Å². The Hall–Kier alpha value is -1.64. The third-order valence-electron chi connectivity index (χ3n) is 4.05. The van der Waals surface area contributed by atoms with Gasteiger partial charge >= 0.3 is 5.97 Å². The SMILES string of the molecule is CCCC(CCC)S(=O)(=O)C[C@H](NC(=O)[C@@H]1CCC(=O)N1)C(=O)O. The van der Waals surface area contributed by atoms with E-state index in [1.54, 1.807) is 0 Å². The first-order valence-electron chi connectivity index (χ1n) is 8.25. The van der Waals surface area contributed by atoms with Gasteiger partial charge in [0.05, 0.1) is 11.0 Å². The molecule has 138 valence electrons. The van der Waals surface area contributed by atoms with Crippen LogP contribution in [0.1, 0.15) is 52.4 Å². The number of nitrogens with one attached hydrogen (secondary N) is 2. The largest absolute Gasteiger partial charge is 0.480 e. The van der Waals surface area contributed by atoms with Crippen LogP contribution in [-0.2, 0) is 24.2 Å². The molecule has 2 amide bonds. The summed E-state index contributed by atoms with van der Waals surface area (Å²) in [6, 6.07) is -2.32. The molecule has 1 rings (SSSR count). The van der Waals surface area contributed by atoms with Crippen molar-refractivity contribution in [3.8, 4) is 0 Å². The number of carboxylic acids is 1. The van der Waals surface area contributed by atoms with E-state index in [1.165, 1.54) is 0 Å². The Morgan fingerprint density at radius 3 is 2.29 bits per heavy atom. The fourth-order valence-electron chi connectivity index (χ4n) is 2.77. The topological polar surface area (TPSA) is 130 Å². The lowest BCUT2D eigenvalue weighted by Crippen LogP contribution is -2.52. The van der Waals surface area contributed by atoms with E-state index in [4.69, 9.17) is 0 Å². The maximum atomic E-state index is 12.5. The molecule has 1 heterocycles. The minimum Gasteiger partial charge on any atom is -0.480 e. The lowest BCUT2D eigenvalue weighted by molar-refractivity contribution is -0.141. The molecular weight excluding hydrogens is 336 g/mol. The van der Waals surface area contributed by atoms with Crippen LogP contribution in [-0.4, -0.2) is 54.4 Å². The monoisotopic (exact) mass is 362 g/mol. The molecule has 0 aromatic carbocycles. The Labute approximate surface area is 142 Å². The van der Waals surface area contributed by atoms with Crippen LogP contribution in [0.4, 0.5) is 0 Å². The molecule has 1 aliphatic rings. The molecule has 1 aliphatic heterocycles. The Balaban J connectivity index is 2.78. The fourth-order valence-corrected chi connectivity index (χ4v) is 4.93. The minimum absolute atomic E-state index is 0.198. The van der Waals surface area contributed by atoms with Gasteiger partial charge in [0.15, 0.2) is 9.84 Å². The number of amides is 2. The van der Waals surface area contributed by atoms with Crippen molar-refractivity contribution in [2.24, 2.45) is 0 Å². The summed E-state index contributed by atoms with van der Waals surface area (Å²) in [5, 5.41) is 13.3. The Bertz CT molecular complexity index is 569. The number of hydrogen-bond acceptors (Lipinski definition) is 5. The Morgan fingerprint density at radius 1 is 1.29 bits per heavy atom. The predicted octanol–water partition coefficient (Wildman–Crippen LogP) is 0.218. The zero-order valence-electron chi connectivity index (χ0n) is 14.1. The number of carboxylic acid groups (broad SMARTS) is 1. The van der Waals surface area contributed by atoms with Crippen molar-refractivity contribution in [3.05, 3.63) is 0 Å². The fraction of sp³-hybridized carbons (Fsp3) is 0.800. The summed E-state index contributed by atoms with van der Waals surface area (Å²) < 4.78 is 25.0. The van der Waals surface area contributed by atoms with Crippen LogP contribution < -0.4 is 10.6 Å². The van der Waals surface area contributed by atoms with Crippen LogP contribution in [0.2, 0.25) is 0 Å². The van der Waals surface area contributed by atoms with Gasteiger partial charge in [-0.3, -0.25) is 9.59 Å². The average Bonchev–Trinajstić information content (AvgIpc) is 2.92. The van der Waals surface area contributed by atoms with E-state index in [0.29, 0.717) is 25.7 Å². The highest BCUT2D eigenvalue weighted by Crippen LogP contribution is 2.17. The summed E-state index contributed by atoms with van der Waals surface area (Å²) in [7, 11) is -3.65. The molecule has 1 fully saturated rings. The molecule has 0 bridgehead atoms. The first-order chi connectivity index (χ1) is 11.2. The number of sulfone groups is 1. The number of aliphatic carboxylic acids is 1. The molecule has 2 atom stereocenters. The molecule has 0 unspecified atom stereocenters. The molecule has 24 heavy (non-hydrogen) atoms. The zero-order chi connectivity index (χ0) is 18.3. The Kier molecular flexibility index (Phi) is 7.65. The molecule has 1 saturated heterocycles. The summed E-state index contributed by atoms with van der Waals surface area (Å²) in [4.78, 5) is 34.5. The van der Waals surface area contributed by atoms with Gasteiger partial charge in [-0.05, 0) is 19.3 Å². The van der Waals surface area contributed by atoms with Crippen molar-refractivity contribution in [3.63, 3.8) is 0 Å². The van der Waals surface area contributed by atoms with Crippen molar-refractivity contribution in [1.29, 1.82) is 0 Å². The second-order valence-corrected chi connectivity index (χ2v) is 8.41. The molecule has 0 aromatic rings. The molecule has 8 nitrogen and oxygen atoms in total. The van der Waals surface area contributed by atoms with Crippen LogP contribution in [0.3, 0.4) is 0 Å². The van der Waals surface area contributed by atoms with Crippen molar-refractivity contribution in [1.82, 2.24) is 10.6 Å². The molecule has 0 radical (unpaired) electrons. The third-order valence-corrected chi connectivity index (χ3v) is 6.34. The molecule has 3 N–H and O–H groups in total. The summed E-state index contributed by atoms with van der Waals surface area (Å²) in [5.41, 5.74) is 0. The number of carbonyl (C=O) groups is 3. The van der Waals surface area contributed by atoms with Gasteiger partial charge in [-0.2, -0.15) is 0 Å². The maximum absolute atomic E-state index is 12.5. The summed E-state index contributed by atoms with van der Waals surface area (Å²) >= 11 is 0. The molecule has 0 saturated carbocycles. The second kappa shape index (κ2) is 9.00. The molecule has 0 aliphatic carbocycles. The first-order valence-corrected chi connectivity index (χ1v) is 9.96. The van der Waals surface area contributed by atoms with Gasteiger partial charge in [-0.25, -0.2) is 13.2 Å². The highest BCUT2D eigenvalue weighted by Gasteiger charge is 2.34.